The third kappa shape index (κ3) is 4.27. The Morgan fingerprint density at radius 1 is 1.30 bits per heavy atom. The summed E-state index contributed by atoms with van der Waals surface area (Å²) in [5.41, 5.74) is -0.389. The lowest BCUT2D eigenvalue weighted by Gasteiger charge is -2.31. The molecule has 0 bridgehead atoms. The number of hydrogen-bond donors (Lipinski definition) is 0. The molecule has 6 heteroatoms. The van der Waals surface area contributed by atoms with E-state index in [1.54, 1.807) is 4.90 Å². The Balaban J connectivity index is 2.06. The number of carbonyl (C=O) groups excluding carboxylic acids is 2. The first-order valence-electron chi connectivity index (χ1n) is 7.90. The summed E-state index contributed by atoms with van der Waals surface area (Å²) < 4.78 is 27.7. The summed E-state index contributed by atoms with van der Waals surface area (Å²) in [7, 11) is 0. The maximum Gasteiger partial charge on any atom is 0.224 e. The number of benzene rings is 1. The van der Waals surface area contributed by atoms with Gasteiger partial charge >= 0.3 is 0 Å². The standard InChI is InChI=1S/C17H22F2N2O2/c1-12-5-4-9-20(11-12)16(23)8-10-21(13(2)22)17-14(18)6-3-7-15(17)19/h3,6-7,12H,4-5,8-11H2,1-2H3. The smallest absolute Gasteiger partial charge is 0.224 e. The SMILES string of the molecule is CC(=O)N(CCC(=O)N1CCCC(C)C1)c1c(F)cccc1F. The number of carbonyl (C=O) groups is 2. The molecule has 126 valence electrons. The lowest BCUT2D eigenvalue weighted by molar-refractivity contribution is -0.132. The van der Waals surface area contributed by atoms with E-state index in [2.05, 4.69) is 6.92 Å². The highest BCUT2D eigenvalue weighted by atomic mass is 19.1. The van der Waals surface area contributed by atoms with Gasteiger partial charge in [0.25, 0.3) is 0 Å². The Morgan fingerprint density at radius 2 is 1.96 bits per heavy atom. The van der Waals surface area contributed by atoms with Crippen LogP contribution < -0.4 is 4.90 Å². The van der Waals surface area contributed by atoms with Gasteiger partial charge < -0.3 is 9.80 Å². The minimum absolute atomic E-state index is 0.0309. The van der Waals surface area contributed by atoms with E-state index in [1.807, 2.05) is 0 Å². The van der Waals surface area contributed by atoms with Crippen LogP contribution in [0.5, 0.6) is 0 Å². The normalized spacial score (nSPS) is 17.9. The predicted molar refractivity (Wildman–Crippen MR) is 84.0 cm³/mol. The van der Waals surface area contributed by atoms with E-state index in [1.165, 1.54) is 13.0 Å². The largest absolute Gasteiger partial charge is 0.342 e. The van der Waals surface area contributed by atoms with Crippen molar-refractivity contribution in [2.24, 2.45) is 5.92 Å². The van der Waals surface area contributed by atoms with Crippen LogP contribution in [0.3, 0.4) is 0 Å². The first-order valence-corrected chi connectivity index (χ1v) is 7.90. The third-order valence-corrected chi connectivity index (χ3v) is 4.15. The highest BCUT2D eigenvalue weighted by molar-refractivity contribution is 5.92. The number of halogens is 2. The van der Waals surface area contributed by atoms with Crippen LogP contribution in [0, 0.1) is 17.6 Å². The van der Waals surface area contributed by atoms with Crippen LogP contribution in [0.15, 0.2) is 18.2 Å². The average Bonchev–Trinajstić information content (AvgIpc) is 2.49. The van der Waals surface area contributed by atoms with E-state index in [0.29, 0.717) is 19.0 Å². The molecular formula is C17H22F2N2O2. The Bertz CT molecular complexity index is 572. The Hall–Kier alpha value is -1.98. The van der Waals surface area contributed by atoms with Crippen molar-refractivity contribution >= 4 is 17.5 Å². The quantitative estimate of drug-likeness (QED) is 0.854. The van der Waals surface area contributed by atoms with Crippen LogP contribution in [0.1, 0.15) is 33.1 Å². The van der Waals surface area contributed by atoms with Gasteiger partial charge in [-0.05, 0) is 30.9 Å². The minimum Gasteiger partial charge on any atom is -0.342 e. The third-order valence-electron chi connectivity index (χ3n) is 4.15. The van der Waals surface area contributed by atoms with Crippen molar-refractivity contribution in [3.8, 4) is 0 Å². The predicted octanol–water partition coefficient (Wildman–Crippen LogP) is 2.97. The second-order valence-electron chi connectivity index (χ2n) is 6.08. The molecule has 1 aliphatic rings. The van der Waals surface area contributed by atoms with Crippen molar-refractivity contribution in [3.63, 3.8) is 0 Å². The van der Waals surface area contributed by atoms with Crippen molar-refractivity contribution in [3.05, 3.63) is 29.8 Å². The van der Waals surface area contributed by atoms with Crippen LogP contribution in [-0.4, -0.2) is 36.3 Å². The van der Waals surface area contributed by atoms with Crippen LogP contribution in [0.2, 0.25) is 0 Å². The van der Waals surface area contributed by atoms with Gasteiger partial charge in [0.2, 0.25) is 11.8 Å². The molecule has 2 rings (SSSR count). The van der Waals surface area contributed by atoms with Crippen LogP contribution in [-0.2, 0) is 9.59 Å². The van der Waals surface area contributed by atoms with Crippen LogP contribution in [0.25, 0.3) is 0 Å². The Morgan fingerprint density at radius 3 is 2.52 bits per heavy atom. The maximum absolute atomic E-state index is 13.9. The minimum atomic E-state index is -0.806. The van der Waals surface area contributed by atoms with Crippen LogP contribution in [0.4, 0.5) is 14.5 Å². The molecule has 1 saturated heterocycles. The molecule has 1 atom stereocenters. The zero-order valence-corrected chi connectivity index (χ0v) is 13.5. The topological polar surface area (TPSA) is 40.6 Å². The fraction of sp³-hybridized carbons (Fsp3) is 0.529. The van der Waals surface area contributed by atoms with Crippen LogP contribution >= 0.6 is 0 Å². The molecule has 1 fully saturated rings. The number of piperidine rings is 1. The summed E-state index contributed by atoms with van der Waals surface area (Å²) in [6.45, 7) is 4.70. The van der Waals surface area contributed by atoms with E-state index in [-0.39, 0.29) is 24.6 Å². The molecule has 0 aliphatic carbocycles. The molecule has 0 radical (unpaired) electrons. The van der Waals surface area contributed by atoms with E-state index in [0.717, 1.165) is 29.9 Å². The summed E-state index contributed by atoms with van der Waals surface area (Å²) >= 11 is 0. The summed E-state index contributed by atoms with van der Waals surface area (Å²) in [4.78, 5) is 26.8. The molecule has 0 N–H and O–H groups in total. The van der Waals surface area contributed by atoms with Gasteiger partial charge in [-0.1, -0.05) is 13.0 Å². The first-order chi connectivity index (χ1) is 10.9. The molecule has 0 saturated carbocycles. The second-order valence-corrected chi connectivity index (χ2v) is 6.08. The fourth-order valence-corrected chi connectivity index (χ4v) is 2.96. The molecule has 0 spiro atoms. The van der Waals surface area contributed by atoms with Crippen molar-refractivity contribution < 1.29 is 18.4 Å². The zero-order valence-electron chi connectivity index (χ0n) is 13.5. The van der Waals surface area contributed by atoms with Crippen molar-refractivity contribution in [1.82, 2.24) is 4.90 Å². The molecule has 1 aromatic rings. The molecular weight excluding hydrogens is 302 g/mol. The summed E-state index contributed by atoms with van der Waals surface area (Å²) in [5, 5.41) is 0. The molecule has 1 aromatic carbocycles. The molecule has 0 aromatic heterocycles. The second kappa shape index (κ2) is 7.53. The van der Waals surface area contributed by atoms with Gasteiger partial charge in [-0.15, -0.1) is 0 Å². The van der Waals surface area contributed by atoms with E-state index >= 15 is 0 Å². The number of para-hydroxylation sites is 1. The number of nitrogens with zero attached hydrogens (tertiary/aromatic N) is 2. The number of anilines is 1. The van der Waals surface area contributed by atoms with E-state index in [9.17, 15) is 18.4 Å². The zero-order chi connectivity index (χ0) is 17.0. The van der Waals surface area contributed by atoms with E-state index < -0.39 is 17.5 Å². The molecule has 4 nitrogen and oxygen atoms in total. The summed E-state index contributed by atoms with van der Waals surface area (Å²) in [6, 6.07) is 3.44. The molecule has 2 amide bonds. The van der Waals surface area contributed by atoms with Gasteiger partial charge in [-0.3, -0.25) is 9.59 Å². The highest BCUT2D eigenvalue weighted by Crippen LogP contribution is 2.24. The van der Waals surface area contributed by atoms with Gasteiger partial charge in [0.1, 0.15) is 17.3 Å². The lowest BCUT2D eigenvalue weighted by atomic mass is 10.00. The Kier molecular flexibility index (Phi) is 5.69. The number of hydrogen-bond acceptors (Lipinski definition) is 2. The highest BCUT2D eigenvalue weighted by Gasteiger charge is 2.24. The number of amides is 2. The fourth-order valence-electron chi connectivity index (χ4n) is 2.96. The van der Waals surface area contributed by atoms with E-state index in [4.69, 9.17) is 0 Å². The van der Waals surface area contributed by atoms with Crippen molar-refractivity contribution in [2.75, 3.05) is 24.5 Å². The first kappa shape index (κ1) is 17.4. The number of rotatable bonds is 4. The monoisotopic (exact) mass is 324 g/mol. The molecule has 1 heterocycles. The number of likely N-dealkylation sites (tertiary alicyclic amines) is 1. The van der Waals surface area contributed by atoms with Gasteiger partial charge in [-0.25, -0.2) is 8.78 Å². The van der Waals surface area contributed by atoms with Gasteiger partial charge in [-0.2, -0.15) is 0 Å². The lowest BCUT2D eigenvalue weighted by Crippen LogP contribution is -2.41. The molecule has 1 unspecified atom stereocenters. The summed E-state index contributed by atoms with van der Waals surface area (Å²) in [5.74, 6) is -1.73. The van der Waals surface area contributed by atoms with Crippen molar-refractivity contribution in [2.45, 2.75) is 33.1 Å². The van der Waals surface area contributed by atoms with Gasteiger partial charge in [0, 0.05) is 33.0 Å². The van der Waals surface area contributed by atoms with Gasteiger partial charge in [0.05, 0.1) is 0 Å². The molecule has 23 heavy (non-hydrogen) atoms. The molecule has 1 aliphatic heterocycles. The summed E-state index contributed by atoms with van der Waals surface area (Å²) in [6.07, 6.45) is 2.12. The van der Waals surface area contributed by atoms with Crippen molar-refractivity contribution in [1.29, 1.82) is 0 Å². The van der Waals surface area contributed by atoms with Gasteiger partial charge in [0.15, 0.2) is 0 Å². The maximum atomic E-state index is 13.9. The average molecular weight is 324 g/mol. The Labute approximate surface area is 135 Å².